The van der Waals surface area contributed by atoms with Gasteiger partial charge in [0.1, 0.15) is 0 Å². The van der Waals surface area contributed by atoms with E-state index >= 15 is 0 Å². The molecule has 0 saturated heterocycles. The van der Waals surface area contributed by atoms with Gasteiger partial charge in [0.2, 0.25) is 0 Å². The van der Waals surface area contributed by atoms with Gasteiger partial charge >= 0.3 is 5.97 Å². The Bertz CT molecular complexity index is 134. The predicted molar refractivity (Wildman–Crippen MR) is 39.4 cm³/mol. The molecule has 4 heteroatoms. The number of aliphatic carboxylic acids is 1. The van der Waals surface area contributed by atoms with Crippen molar-refractivity contribution >= 4 is 5.97 Å². The van der Waals surface area contributed by atoms with Crippen LogP contribution in [0, 0.1) is 0 Å². The highest BCUT2D eigenvalue weighted by atomic mass is 16.5. The van der Waals surface area contributed by atoms with Crippen LogP contribution in [0.15, 0.2) is 0 Å². The Morgan fingerprint density at radius 2 is 2.18 bits per heavy atom. The zero-order chi connectivity index (χ0) is 8.91. The van der Waals surface area contributed by atoms with Gasteiger partial charge in [0.25, 0.3) is 0 Å². The van der Waals surface area contributed by atoms with Gasteiger partial charge in [-0.25, -0.2) is 0 Å². The summed E-state index contributed by atoms with van der Waals surface area (Å²) in [5, 5.41) is 17.2. The molecule has 0 heterocycles. The summed E-state index contributed by atoms with van der Waals surface area (Å²) < 4.78 is 5.06. The number of ether oxygens (including phenoxy) is 1. The van der Waals surface area contributed by atoms with Crippen LogP contribution in [0.25, 0.3) is 0 Å². The second kappa shape index (κ2) is 4.31. The number of hydrogen-bond donors (Lipinski definition) is 2. The minimum absolute atomic E-state index is 0.169. The Balaban J connectivity index is 3.98. The highest BCUT2D eigenvalue weighted by molar-refractivity contribution is 5.68. The number of carboxylic acids is 1. The summed E-state index contributed by atoms with van der Waals surface area (Å²) in [4.78, 5) is 10.3. The van der Waals surface area contributed by atoms with Crippen molar-refractivity contribution < 1.29 is 19.7 Å². The van der Waals surface area contributed by atoms with Crippen molar-refractivity contribution in [3.8, 4) is 0 Å². The lowest BCUT2D eigenvalue weighted by Crippen LogP contribution is -2.35. The fraction of sp³-hybridized carbons (Fsp3) is 0.857. The maximum atomic E-state index is 10.3. The first-order chi connectivity index (χ1) is 5.04. The molecule has 0 amide bonds. The molecule has 0 saturated carbocycles. The van der Waals surface area contributed by atoms with E-state index in [0.29, 0.717) is 6.61 Å². The van der Waals surface area contributed by atoms with Crippen LogP contribution in [0.4, 0.5) is 0 Å². The van der Waals surface area contributed by atoms with E-state index in [1.165, 1.54) is 0 Å². The van der Waals surface area contributed by atoms with E-state index in [2.05, 4.69) is 0 Å². The zero-order valence-electron chi connectivity index (χ0n) is 6.83. The molecule has 0 aliphatic rings. The first-order valence-corrected chi connectivity index (χ1v) is 3.50. The molecule has 0 aliphatic heterocycles. The molecular formula is C7H14O4. The van der Waals surface area contributed by atoms with Gasteiger partial charge in [-0.15, -0.1) is 0 Å². The smallest absolute Gasteiger partial charge is 0.306 e. The van der Waals surface area contributed by atoms with Gasteiger partial charge < -0.3 is 14.9 Å². The van der Waals surface area contributed by atoms with Crippen LogP contribution in [0.2, 0.25) is 0 Å². The van der Waals surface area contributed by atoms with Crippen molar-refractivity contribution in [1.29, 1.82) is 0 Å². The SMILES string of the molecule is CCOC(C)(CO)CC(=O)O. The quantitative estimate of drug-likeness (QED) is 0.608. The van der Waals surface area contributed by atoms with Crippen LogP contribution in [0.5, 0.6) is 0 Å². The normalized spacial score (nSPS) is 15.9. The van der Waals surface area contributed by atoms with Gasteiger partial charge in [-0.1, -0.05) is 0 Å². The standard InChI is InChI=1S/C7H14O4/c1-3-11-7(2,5-8)4-6(9)10/h8H,3-5H2,1-2H3,(H,9,10). The van der Waals surface area contributed by atoms with E-state index in [-0.39, 0.29) is 13.0 Å². The average Bonchev–Trinajstić information content (AvgIpc) is 1.87. The van der Waals surface area contributed by atoms with Gasteiger partial charge in [0.15, 0.2) is 0 Å². The molecule has 11 heavy (non-hydrogen) atoms. The van der Waals surface area contributed by atoms with E-state index in [9.17, 15) is 4.79 Å². The molecule has 0 fully saturated rings. The van der Waals surface area contributed by atoms with Crippen LogP contribution in [0.1, 0.15) is 20.3 Å². The molecular weight excluding hydrogens is 148 g/mol. The maximum Gasteiger partial charge on any atom is 0.306 e. The molecule has 0 aromatic carbocycles. The van der Waals surface area contributed by atoms with Crippen molar-refractivity contribution in [2.24, 2.45) is 0 Å². The Labute approximate surface area is 65.8 Å². The Morgan fingerprint density at radius 1 is 1.64 bits per heavy atom. The summed E-state index contributed by atoms with van der Waals surface area (Å²) in [6, 6.07) is 0. The molecule has 0 aromatic heterocycles. The first kappa shape index (κ1) is 10.4. The third kappa shape index (κ3) is 3.95. The van der Waals surface area contributed by atoms with Crippen LogP contribution in [0.3, 0.4) is 0 Å². The molecule has 0 spiro atoms. The molecule has 0 rings (SSSR count). The third-order valence-corrected chi connectivity index (χ3v) is 1.35. The van der Waals surface area contributed by atoms with E-state index in [1.54, 1.807) is 13.8 Å². The van der Waals surface area contributed by atoms with Crippen molar-refractivity contribution in [2.45, 2.75) is 25.9 Å². The van der Waals surface area contributed by atoms with Gasteiger partial charge in [0.05, 0.1) is 18.6 Å². The van der Waals surface area contributed by atoms with Crippen molar-refractivity contribution in [3.63, 3.8) is 0 Å². The fourth-order valence-electron chi connectivity index (χ4n) is 0.821. The minimum atomic E-state index is -0.963. The minimum Gasteiger partial charge on any atom is -0.481 e. The van der Waals surface area contributed by atoms with Crippen LogP contribution in [-0.2, 0) is 9.53 Å². The number of rotatable bonds is 5. The number of carbonyl (C=O) groups is 1. The Kier molecular flexibility index (Phi) is 4.07. The van der Waals surface area contributed by atoms with Gasteiger partial charge in [-0.3, -0.25) is 4.79 Å². The number of aliphatic hydroxyl groups is 1. The molecule has 66 valence electrons. The zero-order valence-corrected chi connectivity index (χ0v) is 6.83. The summed E-state index contributed by atoms with van der Waals surface area (Å²) in [7, 11) is 0. The topological polar surface area (TPSA) is 66.8 Å². The molecule has 0 aliphatic carbocycles. The lowest BCUT2D eigenvalue weighted by atomic mass is 10.0. The van der Waals surface area contributed by atoms with E-state index < -0.39 is 11.6 Å². The van der Waals surface area contributed by atoms with Gasteiger partial charge in [-0.05, 0) is 13.8 Å². The summed E-state index contributed by atoms with van der Waals surface area (Å²) in [5.74, 6) is -0.963. The number of hydrogen-bond acceptors (Lipinski definition) is 3. The van der Waals surface area contributed by atoms with Crippen LogP contribution >= 0.6 is 0 Å². The number of carboxylic acid groups (broad SMARTS) is 1. The van der Waals surface area contributed by atoms with Gasteiger partial charge in [0, 0.05) is 6.61 Å². The van der Waals surface area contributed by atoms with Crippen molar-refractivity contribution in [2.75, 3.05) is 13.2 Å². The molecule has 4 nitrogen and oxygen atoms in total. The second-order valence-corrected chi connectivity index (χ2v) is 2.61. The largest absolute Gasteiger partial charge is 0.481 e. The second-order valence-electron chi connectivity index (χ2n) is 2.61. The Morgan fingerprint density at radius 3 is 2.45 bits per heavy atom. The predicted octanol–water partition coefficient (Wildman–Crippen LogP) is 0.249. The molecule has 1 unspecified atom stereocenters. The molecule has 0 aromatic rings. The molecule has 2 N–H and O–H groups in total. The highest BCUT2D eigenvalue weighted by Crippen LogP contribution is 2.13. The Hall–Kier alpha value is -0.610. The number of aliphatic hydroxyl groups excluding tert-OH is 1. The highest BCUT2D eigenvalue weighted by Gasteiger charge is 2.26. The molecule has 0 radical (unpaired) electrons. The lowest BCUT2D eigenvalue weighted by molar-refractivity contribution is -0.147. The van der Waals surface area contributed by atoms with Gasteiger partial charge in [-0.2, -0.15) is 0 Å². The summed E-state index contributed by atoms with van der Waals surface area (Å²) in [6.07, 6.45) is -0.169. The third-order valence-electron chi connectivity index (χ3n) is 1.35. The van der Waals surface area contributed by atoms with Crippen molar-refractivity contribution in [3.05, 3.63) is 0 Å². The van der Waals surface area contributed by atoms with E-state index in [0.717, 1.165) is 0 Å². The van der Waals surface area contributed by atoms with E-state index in [4.69, 9.17) is 14.9 Å². The summed E-state index contributed by atoms with van der Waals surface area (Å²) in [6.45, 7) is 3.47. The maximum absolute atomic E-state index is 10.3. The van der Waals surface area contributed by atoms with Crippen molar-refractivity contribution in [1.82, 2.24) is 0 Å². The lowest BCUT2D eigenvalue weighted by Gasteiger charge is -2.24. The first-order valence-electron chi connectivity index (χ1n) is 3.50. The van der Waals surface area contributed by atoms with E-state index in [1.807, 2.05) is 0 Å². The molecule has 1 atom stereocenters. The monoisotopic (exact) mass is 162 g/mol. The molecule has 0 bridgehead atoms. The fourth-order valence-corrected chi connectivity index (χ4v) is 0.821. The average molecular weight is 162 g/mol. The van der Waals surface area contributed by atoms with Crippen LogP contribution in [-0.4, -0.2) is 35.0 Å². The summed E-state index contributed by atoms with van der Waals surface area (Å²) in [5.41, 5.74) is -0.930. The summed E-state index contributed by atoms with van der Waals surface area (Å²) >= 11 is 0. The van der Waals surface area contributed by atoms with Crippen LogP contribution < -0.4 is 0 Å².